The predicted octanol–water partition coefficient (Wildman–Crippen LogP) is 1.46. The Hall–Kier alpha value is -0.640. The van der Waals surface area contributed by atoms with Gasteiger partial charge < -0.3 is 4.74 Å². The van der Waals surface area contributed by atoms with E-state index < -0.39 is 0 Å². The summed E-state index contributed by atoms with van der Waals surface area (Å²) in [5.41, 5.74) is 0. The molecule has 1 rings (SSSR count). The second-order valence-corrected chi connectivity index (χ2v) is 2.59. The van der Waals surface area contributed by atoms with Crippen LogP contribution in [0.5, 0.6) is 0 Å². The molecule has 2 atom stereocenters. The van der Waals surface area contributed by atoms with Gasteiger partial charge in [0.05, 0.1) is 19.3 Å². The molecule has 1 aliphatic heterocycles. The van der Waals surface area contributed by atoms with Crippen LogP contribution in [0.1, 0.15) is 6.42 Å². The second kappa shape index (κ2) is 5.09. The molecule has 1 saturated heterocycles. The molecule has 1 aliphatic rings. The monoisotopic (exact) mass is 170 g/mol. The zero-order valence-electron chi connectivity index (χ0n) is 7.07. The Balaban J connectivity index is 2.37. The molecule has 0 aromatic rings. The van der Waals surface area contributed by atoms with Gasteiger partial charge in [0.15, 0.2) is 0 Å². The van der Waals surface area contributed by atoms with E-state index >= 15 is 0 Å². The Bertz CT molecular complexity index is 138. The van der Waals surface area contributed by atoms with Crippen LogP contribution < -0.4 is 0 Å². The van der Waals surface area contributed by atoms with Gasteiger partial charge in [-0.2, -0.15) is 0 Å². The predicted molar refractivity (Wildman–Crippen MR) is 45.6 cm³/mol. The molecule has 3 heteroatoms. The molecule has 0 radical (unpaired) electrons. The molecule has 0 N–H and O–H groups in total. The number of hydrogen-bond donors (Lipinski definition) is 0. The largest absolute Gasteiger partial charge is 0.371 e. The van der Waals surface area contributed by atoms with E-state index in [9.17, 15) is 0 Å². The summed E-state index contributed by atoms with van der Waals surface area (Å²) in [6.07, 6.45) is 4.11. The fraction of sp³-hybridized carbons (Fsp3) is 0.556. The first kappa shape index (κ1) is 9.45. The third-order valence-electron chi connectivity index (χ3n) is 1.68. The van der Waals surface area contributed by atoms with Crippen LogP contribution in [-0.4, -0.2) is 25.4 Å². The van der Waals surface area contributed by atoms with E-state index in [0.717, 1.165) is 6.42 Å². The van der Waals surface area contributed by atoms with Crippen LogP contribution in [0.15, 0.2) is 25.3 Å². The van der Waals surface area contributed by atoms with Gasteiger partial charge in [0.25, 0.3) is 0 Å². The van der Waals surface area contributed by atoms with E-state index in [2.05, 4.69) is 13.2 Å². The molecule has 12 heavy (non-hydrogen) atoms. The normalized spacial score (nSPS) is 31.7. The summed E-state index contributed by atoms with van der Waals surface area (Å²) in [5, 5.41) is 0. The van der Waals surface area contributed by atoms with Crippen molar-refractivity contribution >= 4 is 0 Å². The molecule has 1 heterocycles. The van der Waals surface area contributed by atoms with Crippen molar-refractivity contribution in [1.29, 1.82) is 0 Å². The van der Waals surface area contributed by atoms with Gasteiger partial charge in [0.1, 0.15) is 6.10 Å². The van der Waals surface area contributed by atoms with Crippen LogP contribution in [-0.2, 0) is 14.5 Å². The molecule has 1 fully saturated rings. The Morgan fingerprint density at radius 3 is 2.58 bits per heavy atom. The van der Waals surface area contributed by atoms with Gasteiger partial charge in [0.2, 0.25) is 0 Å². The lowest BCUT2D eigenvalue weighted by atomic mass is 10.2. The first-order valence-corrected chi connectivity index (χ1v) is 4.02. The summed E-state index contributed by atoms with van der Waals surface area (Å²) in [7, 11) is 0. The van der Waals surface area contributed by atoms with Crippen LogP contribution in [0.25, 0.3) is 0 Å². The summed E-state index contributed by atoms with van der Waals surface area (Å²) in [5.74, 6) is 0. The minimum atomic E-state index is -0.173. The van der Waals surface area contributed by atoms with E-state index in [0.29, 0.717) is 13.2 Å². The number of ether oxygens (including phenoxy) is 1. The Labute approximate surface area is 72.5 Å². The summed E-state index contributed by atoms with van der Waals surface area (Å²) < 4.78 is 5.44. The zero-order chi connectivity index (χ0) is 8.81. The summed E-state index contributed by atoms with van der Waals surface area (Å²) in [6.45, 7) is 8.26. The molecule has 0 spiro atoms. The van der Waals surface area contributed by atoms with Gasteiger partial charge in [-0.3, -0.25) is 0 Å². The maximum Gasteiger partial charge on any atom is 0.134 e. The van der Waals surface area contributed by atoms with Gasteiger partial charge in [-0.05, 0) is 0 Å². The molecule has 0 aromatic heterocycles. The molecule has 0 saturated carbocycles. The Morgan fingerprint density at radius 2 is 1.92 bits per heavy atom. The number of hydrogen-bond acceptors (Lipinski definition) is 3. The smallest absolute Gasteiger partial charge is 0.134 e. The van der Waals surface area contributed by atoms with Crippen LogP contribution >= 0.6 is 0 Å². The van der Waals surface area contributed by atoms with Crippen molar-refractivity contribution in [2.24, 2.45) is 0 Å². The lowest BCUT2D eigenvalue weighted by Crippen LogP contribution is -2.26. The van der Waals surface area contributed by atoms with Gasteiger partial charge in [0, 0.05) is 6.42 Å². The van der Waals surface area contributed by atoms with Gasteiger partial charge in [-0.25, -0.2) is 9.78 Å². The molecule has 0 aliphatic carbocycles. The standard InChI is InChI=1S/C9H14O3/c1-3-8-5-6-11-12-9(4-2)7-10-8/h3-4,8-9H,1-2,5-7H2. The minimum absolute atomic E-state index is 0.0661. The van der Waals surface area contributed by atoms with Crippen LogP contribution in [0.3, 0.4) is 0 Å². The van der Waals surface area contributed by atoms with Crippen LogP contribution in [0.2, 0.25) is 0 Å². The van der Waals surface area contributed by atoms with Gasteiger partial charge >= 0.3 is 0 Å². The number of rotatable bonds is 2. The van der Waals surface area contributed by atoms with Crippen molar-refractivity contribution in [1.82, 2.24) is 0 Å². The fourth-order valence-electron chi connectivity index (χ4n) is 0.923. The van der Waals surface area contributed by atoms with Crippen LogP contribution in [0.4, 0.5) is 0 Å². The molecule has 0 aromatic carbocycles. The molecule has 3 nitrogen and oxygen atoms in total. The lowest BCUT2D eigenvalue weighted by Gasteiger charge is -2.21. The first-order chi connectivity index (χ1) is 5.86. The molecule has 0 bridgehead atoms. The van der Waals surface area contributed by atoms with Gasteiger partial charge in [-0.1, -0.05) is 12.2 Å². The lowest BCUT2D eigenvalue weighted by molar-refractivity contribution is -0.331. The van der Waals surface area contributed by atoms with Crippen molar-refractivity contribution in [3.05, 3.63) is 25.3 Å². The van der Waals surface area contributed by atoms with Gasteiger partial charge in [-0.15, -0.1) is 13.2 Å². The minimum Gasteiger partial charge on any atom is -0.371 e. The SMILES string of the molecule is C=CC1CCOOC(C=C)CO1. The average molecular weight is 170 g/mol. The van der Waals surface area contributed by atoms with E-state index in [4.69, 9.17) is 14.5 Å². The average Bonchev–Trinajstić information content (AvgIpc) is 2.05. The first-order valence-electron chi connectivity index (χ1n) is 4.02. The third kappa shape index (κ3) is 2.77. The van der Waals surface area contributed by atoms with Crippen molar-refractivity contribution in [2.45, 2.75) is 18.6 Å². The summed E-state index contributed by atoms with van der Waals surface area (Å²) in [6, 6.07) is 0. The maximum absolute atomic E-state index is 5.44. The van der Waals surface area contributed by atoms with Crippen molar-refractivity contribution in [3.63, 3.8) is 0 Å². The Morgan fingerprint density at radius 1 is 1.17 bits per heavy atom. The topological polar surface area (TPSA) is 27.7 Å². The van der Waals surface area contributed by atoms with Crippen molar-refractivity contribution in [2.75, 3.05) is 13.2 Å². The summed E-state index contributed by atoms with van der Waals surface area (Å²) in [4.78, 5) is 9.86. The summed E-state index contributed by atoms with van der Waals surface area (Å²) >= 11 is 0. The van der Waals surface area contributed by atoms with Crippen molar-refractivity contribution < 1.29 is 14.5 Å². The molecular formula is C9H14O3. The molecule has 2 unspecified atom stereocenters. The third-order valence-corrected chi connectivity index (χ3v) is 1.68. The second-order valence-electron chi connectivity index (χ2n) is 2.59. The van der Waals surface area contributed by atoms with E-state index in [-0.39, 0.29) is 12.2 Å². The van der Waals surface area contributed by atoms with Crippen molar-refractivity contribution in [3.8, 4) is 0 Å². The molecule has 68 valence electrons. The highest BCUT2D eigenvalue weighted by molar-refractivity contribution is 4.84. The van der Waals surface area contributed by atoms with Crippen LogP contribution in [0, 0.1) is 0 Å². The quantitative estimate of drug-likeness (QED) is 0.464. The Kier molecular flexibility index (Phi) is 4.00. The van der Waals surface area contributed by atoms with E-state index in [1.165, 1.54) is 0 Å². The highest BCUT2D eigenvalue weighted by Crippen LogP contribution is 2.08. The molecule has 0 amide bonds. The highest BCUT2D eigenvalue weighted by atomic mass is 17.2. The highest BCUT2D eigenvalue weighted by Gasteiger charge is 2.14. The zero-order valence-corrected chi connectivity index (χ0v) is 7.07. The fourth-order valence-corrected chi connectivity index (χ4v) is 0.923. The molecular weight excluding hydrogens is 156 g/mol. The van der Waals surface area contributed by atoms with E-state index in [1.54, 1.807) is 12.2 Å². The van der Waals surface area contributed by atoms with E-state index in [1.807, 2.05) is 0 Å². The maximum atomic E-state index is 5.44.